The van der Waals surface area contributed by atoms with Crippen LogP contribution in [0.25, 0.3) is 11.5 Å². The number of aromatic nitrogens is 1. The number of nitrogens with zero attached hydrogens (tertiary/aromatic N) is 1. The molecule has 0 aliphatic heterocycles. The first-order valence-corrected chi connectivity index (χ1v) is 5.42. The van der Waals surface area contributed by atoms with Crippen LogP contribution < -0.4 is 0 Å². The quantitative estimate of drug-likeness (QED) is 0.773. The maximum Gasteiger partial charge on any atom is 0.341 e. The number of esters is 1. The van der Waals surface area contributed by atoms with Crippen LogP contribution >= 0.6 is 11.6 Å². The summed E-state index contributed by atoms with van der Waals surface area (Å²) in [6.45, 7) is 1.81. The van der Waals surface area contributed by atoms with Gasteiger partial charge in [0, 0.05) is 12.7 Å². The fourth-order valence-corrected chi connectivity index (χ4v) is 2.22. The number of hydrogen-bond acceptors (Lipinski definition) is 3. The van der Waals surface area contributed by atoms with Gasteiger partial charge in [0.15, 0.2) is 5.76 Å². The molecule has 0 atom stereocenters. The van der Waals surface area contributed by atoms with Crippen LogP contribution in [0.15, 0.2) is 22.8 Å². The van der Waals surface area contributed by atoms with Gasteiger partial charge >= 0.3 is 5.97 Å². The molecule has 0 unspecified atom stereocenters. The van der Waals surface area contributed by atoms with E-state index in [0.717, 1.165) is 5.69 Å². The van der Waals surface area contributed by atoms with E-state index in [1.165, 1.54) is 7.11 Å². The zero-order valence-corrected chi connectivity index (χ0v) is 10.5. The Labute approximate surface area is 104 Å². The van der Waals surface area contributed by atoms with Crippen molar-refractivity contribution in [1.29, 1.82) is 0 Å². The van der Waals surface area contributed by atoms with Crippen LogP contribution in [-0.4, -0.2) is 17.6 Å². The van der Waals surface area contributed by atoms with Crippen LogP contribution in [0.4, 0.5) is 0 Å². The van der Waals surface area contributed by atoms with Gasteiger partial charge in [-0.15, -0.1) is 0 Å². The number of carbonyl (C=O) groups excluding carboxylic acids is 1. The largest absolute Gasteiger partial charge is 0.465 e. The highest BCUT2D eigenvalue weighted by molar-refractivity contribution is 6.36. The predicted octanol–water partition coefficient (Wildman–Crippen LogP) is 3.03. The molecule has 5 heteroatoms. The van der Waals surface area contributed by atoms with Crippen molar-refractivity contribution in [1.82, 2.24) is 4.57 Å². The van der Waals surface area contributed by atoms with Crippen molar-refractivity contribution >= 4 is 17.6 Å². The summed E-state index contributed by atoms with van der Waals surface area (Å²) in [5, 5.41) is 0.354. The summed E-state index contributed by atoms with van der Waals surface area (Å²) in [6, 6.07) is 3.56. The Morgan fingerprint density at radius 3 is 2.76 bits per heavy atom. The molecule has 0 aliphatic rings. The number of ether oxygens (including phenoxy) is 1. The molecule has 0 saturated carbocycles. The van der Waals surface area contributed by atoms with Gasteiger partial charge in [-0.25, -0.2) is 4.79 Å². The van der Waals surface area contributed by atoms with Crippen molar-refractivity contribution in [2.45, 2.75) is 6.92 Å². The summed E-state index contributed by atoms with van der Waals surface area (Å²) in [6.07, 6.45) is 1.56. The summed E-state index contributed by atoms with van der Waals surface area (Å²) < 4.78 is 11.8. The third kappa shape index (κ3) is 1.74. The van der Waals surface area contributed by atoms with Gasteiger partial charge in [-0.1, -0.05) is 11.6 Å². The second-order valence-electron chi connectivity index (χ2n) is 3.65. The molecule has 2 heterocycles. The first kappa shape index (κ1) is 11.8. The molecule has 17 heavy (non-hydrogen) atoms. The summed E-state index contributed by atoms with van der Waals surface area (Å²) in [7, 11) is 3.16. The van der Waals surface area contributed by atoms with Gasteiger partial charge in [0.2, 0.25) is 0 Å². The minimum atomic E-state index is -0.444. The number of methoxy groups -OCH3 is 1. The van der Waals surface area contributed by atoms with E-state index in [1.54, 1.807) is 18.4 Å². The van der Waals surface area contributed by atoms with Crippen molar-refractivity contribution in [3.8, 4) is 11.5 Å². The number of hydrogen-bond donors (Lipinski definition) is 0. The topological polar surface area (TPSA) is 44.4 Å². The minimum absolute atomic E-state index is 0.354. The van der Waals surface area contributed by atoms with Crippen LogP contribution in [0, 0.1) is 6.92 Å². The smallest absolute Gasteiger partial charge is 0.341 e. The fourth-order valence-electron chi connectivity index (χ4n) is 1.79. The van der Waals surface area contributed by atoms with Crippen molar-refractivity contribution in [2.75, 3.05) is 7.11 Å². The third-order valence-electron chi connectivity index (χ3n) is 2.77. The molecule has 2 rings (SSSR count). The van der Waals surface area contributed by atoms with Crippen molar-refractivity contribution in [2.24, 2.45) is 7.05 Å². The molecule has 0 aromatic carbocycles. The summed E-state index contributed by atoms with van der Waals surface area (Å²) in [5.74, 6) is 0.177. The van der Waals surface area contributed by atoms with E-state index in [1.807, 2.05) is 18.5 Å². The van der Waals surface area contributed by atoms with Gasteiger partial charge < -0.3 is 13.7 Å². The molecule has 4 nitrogen and oxygen atoms in total. The Morgan fingerprint density at radius 1 is 1.53 bits per heavy atom. The fraction of sp³-hybridized carbons (Fsp3) is 0.250. The maximum absolute atomic E-state index is 11.6. The van der Waals surface area contributed by atoms with Gasteiger partial charge in [-0.2, -0.15) is 0 Å². The normalized spacial score (nSPS) is 10.6. The lowest BCUT2D eigenvalue weighted by atomic mass is 10.2. The molecule has 2 aromatic rings. The van der Waals surface area contributed by atoms with Gasteiger partial charge in [-0.05, 0) is 19.1 Å². The minimum Gasteiger partial charge on any atom is -0.465 e. The second kappa shape index (κ2) is 4.30. The number of rotatable bonds is 2. The summed E-state index contributed by atoms with van der Waals surface area (Å²) in [4.78, 5) is 11.6. The molecule has 0 N–H and O–H groups in total. The molecule has 0 saturated heterocycles. The predicted molar refractivity (Wildman–Crippen MR) is 64.2 cm³/mol. The summed E-state index contributed by atoms with van der Waals surface area (Å²) in [5.41, 5.74) is 1.80. The number of furan rings is 1. The average Bonchev–Trinajstić information content (AvgIpc) is 2.88. The monoisotopic (exact) mass is 253 g/mol. The van der Waals surface area contributed by atoms with E-state index >= 15 is 0 Å². The lowest BCUT2D eigenvalue weighted by Crippen LogP contribution is -2.03. The van der Waals surface area contributed by atoms with Gasteiger partial charge in [0.1, 0.15) is 5.69 Å². The van der Waals surface area contributed by atoms with E-state index in [-0.39, 0.29) is 0 Å². The lowest BCUT2D eigenvalue weighted by molar-refractivity contribution is 0.0600. The van der Waals surface area contributed by atoms with E-state index in [4.69, 9.17) is 20.8 Å². The van der Waals surface area contributed by atoms with E-state index in [2.05, 4.69) is 0 Å². The van der Waals surface area contributed by atoms with Crippen LogP contribution in [0.1, 0.15) is 16.1 Å². The zero-order chi connectivity index (χ0) is 12.6. The number of carbonyl (C=O) groups is 1. The van der Waals surface area contributed by atoms with Crippen LogP contribution in [-0.2, 0) is 11.8 Å². The molecular weight excluding hydrogens is 242 g/mol. The average molecular weight is 254 g/mol. The third-order valence-corrected chi connectivity index (χ3v) is 3.14. The molecule has 0 bridgehead atoms. The standard InChI is InChI=1S/C12H12ClNO3/c1-7-9(12(15)16-3)10(13)11(14(7)2)8-5-4-6-17-8/h4-6H,1-3H3. The van der Waals surface area contributed by atoms with Gasteiger partial charge in [0.05, 0.1) is 24.0 Å². The molecule has 0 amide bonds. The Bertz CT molecular complexity index is 555. The van der Waals surface area contributed by atoms with E-state index in [0.29, 0.717) is 22.0 Å². The van der Waals surface area contributed by atoms with Crippen molar-refractivity contribution < 1.29 is 13.9 Å². The Kier molecular flexibility index (Phi) is 2.98. The molecule has 90 valence electrons. The van der Waals surface area contributed by atoms with Crippen molar-refractivity contribution in [3.63, 3.8) is 0 Å². The molecule has 0 aliphatic carbocycles. The molecule has 0 spiro atoms. The van der Waals surface area contributed by atoms with Crippen LogP contribution in [0.3, 0.4) is 0 Å². The van der Waals surface area contributed by atoms with Crippen LogP contribution in [0.5, 0.6) is 0 Å². The molecular formula is C12H12ClNO3. The molecule has 0 fully saturated rings. The summed E-state index contributed by atoms with van der Waals surface area (Å²) >= 11 is 6.22. The Morgan fingerprint density at radius 2 is 2.24 bits per heavy atom. The lowest BCUT2D eigenvalue weighted by Gasteiger charge is -2.01. The number of halogens is 1. The molecule has 0 radical (unpaired) electrons. The first-order valence-electron chi connectivity index (χ1n) is 5.05. The van der Waals surface area contributed by atoms with Crippen LogP contribution in [0.2, 0.25) is 5.02 Å². The van der Waals surface area contributed by atoms with Gasteiger partial charge in [0.25, 0.3) is 0 Å². The van der Waals surface area contributed by atoms with Crippen molar-refractivity contribution in [3.05, 3.63) is 34.7 Å². The maximum atomic E-state index is 11.6. The van der Waals surface area contributed by atoms with Gasteiger partial charge in [-0.3, -0.25) is 0 Å². The molecule has 2 aromatic heterocycles. The Balaban J connectivity index is 2.67. The highest BCUT2D eigenvalue weighted by atomic mass is 35.5. The highest BCUT2D eigenvalue weighted by Gasteiger charge is 2.25. The SMILES string of the molecule is COC(=O)c1c(Cl)c(-c2ccco2)n(C)c1C. The highest BCUT2D eigenvalue weighted by Crippen LogP contribution is 2.35. The van der Waals surface area contributed by atoms with E-state index in [9.17, 15) is 4.79 Å². The zero-order valence-electron chi connectivity index (χ0n) is 9.78. The Hall–Kier alpha value is -1.68. The first-order chi connectivity index (χ1) is 8.07. The second-order valence-corrected chi connectivity index (χ2v) is 4.03. The van der Waals surface area contributed by atoms with E-state index < -0.39 is 5.97 Å².